The summed E-state index contributed by atoms with van der Waals surface area (Å²) in [6.45, 7) is 5.23. The highest BCUT2D eigenvalue weighted by Crippen LogP contribution is 2.26. The SMILES string of the molecule is CC(=O)N(C)c1ccccc1NC(=O)C(C)C1CNC1.Cl. The van der Waals surface area contributed by atoms with Gasteiger partial charge in [0.15, 0.2) is 0 Å². The van der Waals surface area contributed by atoms with Crippen LogP contribution in [0.4, 0.5) is 11.4 Å². The minimum atomic E-state index is -0.0667. The van der Waals surface area contributed by atoms with Crippen molar-refractivity contribution in [1.82, 2.24) is 5.32 Å². The van der Waals surface area contributed by atoms with E-state index in [0.29, 0.717) is 17.3 Å². The highest BCUT2D eigenvalue weighted by atomic mass is 35.5. The Balaban J connectivity index is 0.00000220. The van der Waals surface area contributed by atoms with Crippen molar-refractivity contribution in [1.29, 1.82) is 0 Å². The van der Waals surface area contributed by atoms with Gasteiger partial charge in [-0.1, -0.05) is 19.1 Å². The van der Waals surface area contributed by atoms with Crippen LogP contribution in [0.25, 0.3) is 0 Å². The highest BCUT2D eigenvalue weighted by Gasteiger charge is 2.29. The Morgan fingerprint density at radius 2 is 1.95 bits per heavy atom. The molecular formula is C15H22ClN3O2. The zero-order valence-corrected chi connectivity index (χ0v) is 13.4. The van der Waals surface area contributed by atoms with E-state index >= 15 is 0 Å². The van der Waals surface area contributed by atoms with E-state index in [4.69, 9.17) is 0 Å². The van der Waals surface area contributed by atoms with Gasteiger partial charge in [-0.05, 0) is 31.1 Å². The van der Waals surface area contributed by atoms with Crippen LogP contribution in [0.3, 0.4) is 0 Å². The molecule has 1 unspecified atom stereocenters. The minimum absolute atomic E-state index is 0. The number of anilines is 2. The van der Waals surface area contributed by atoms with Gasteiger partial charge in [0.1, 0.15) is 0 Å². The lowest BCUT2D eigenvalue weighted by Crippen LogP contribution is -2.48. The molecule has 1 aromatic carbocycles. The Kier molecular flexibility index (Phi) is 6.18. The second kappa shape index (κ2) is 7.43. The summed E-state index contributed by atoms with van der Waals surface area (Å²) in [7, 11) is 1.70. The minimum Gasteiger partial charge on any atom is -0.324 e. The standard InChI is InChI=1S/C15H21N3O2.ClH/c1-10(12-8-16-9-12)15(20)17-13-6-4-5-7-14(13)18(3)11(2)19;/h4-7,10,12,16H,8-9H2,1-3H3,(H,17,20);1H. The van der Waals surface area contributed by atoms with Gasteiger partial charge in [-0.15, -0.1) is 12.4 Å². The van der Waals surface area contributed by atoms with Gasteiger partial charge in [-0.3, -0.25) is 9.59 Å². The molecule has 1 atom stereocenters. The number of hydrogen-bond donors (Lipinski definition) is 2. The van der Waals surface area contributed by atoms with Gasteiger partial charge in [0.05, 0.1) is 11.4 Å². The number of para-hydroxylation sites is 2. The maximum Gasteiger partial charge on any atom is 0.227 e. The summed E-state index contributed by atoms with van der Waals surface area (Å²) in [5.41, 5.74) is 1.39. The van der Waals surface area contributed by atoms with E-state index in [1.54, 1.807) is 7.05 Å². The van der Waals surface area contributed by atoms with Crippen LogP contribution < -0.4 is 15.5 Å². The maximum absolute atomic E-state index is 12.2. The average molecular weight is 312 g/mol. The van der Waals surface area contributed by atoms with Crippen molar-refractivity contribution in [3.05, 3.63) is 24.3 Å². The van der Waals surface area contributed by atoms with Crippen LogP contribution in [0.2, 0.25) is 0 Å². The first-order valence-corrected chi connectivity index (χ1v) is 6.85. The molecule has 21 heavy (non-hydrogen) atoms. The smallest absolute Gasteiger partial charge is 0.227 e. The van der Waals surface area contributed by atoms with Crippen LogP contribution in [-0.2, 0) is 9.59 Å². The number of nitrogens with one attached hydrogen (secondary N) is 2. The van der Waals surface area contributed by atoms with Crippen molar-refractivity contribution in [2.45, 2.75) is 13.8 Å². The second-order valence-corrected chi connectivity index (χ2v) is 5.29. The van der Waals surface area contributed by atoms with E-state index in [0.717, 1.165) is 13.1 Å². The zero-order valence-electron chi connectivity index (χ0n) is 12.6. The van der Waals surface area contributed by atoms with E-state index in [9.17, 15) is 9.59 Å². The van der Waals surface area contributed by atoms with Gasteiger partial charge in [0.25, 0.3) is 0 Å². The molecule has 6 heteroatoms. The highest BCUT2D eigenvalue weighted by molar-refractivity contribution is 6.00. The first-order chi connectivity index (χ1) is 9.50. The number of amides is 2. The summed E-state index contributed by atoms with van der Waals surface area (Å²) < 4.78 is 0. The normalized spacial score (nSPS) is 15.4. The molecule has 1 aliphatic rings. The van der Waals surface area contributed by atoms with Crippen LogP contribution >= 0.6 is 12.4 Å². The Morgan fingerprint density at radius 3 is 2.48 bits per heavy atom. The number of benzene rings is 1. The molecule has 0 saturated carbocycles. The molecular weight excluding hydrogens is 290 g/mol. The number of nitrogens with zero attached hydrogens (tertiary/aromatic N) is 1. The quantitative estimate of drug-likeness (QED) is 0.892. The molecule has 2 N–H and O–H groups in total. The van der Waals surface area contributed by atoms with Gasteiger partial charge in [-0.25, -0.2) is 0 Å². The first-order valence-electron chi connectivity index (χ1n) is 6.85. The fraction of sp³-hybridized carbons (Fsp3) is 0.467. The van der Waals surface area contributed by atoms with Gasteiger partial charge in [-0.2, -0.15) is 0 Å². The summed E-state index contributed by atoms with van der Waals surface area (Å²) >= 11 is 0. The number of halogens is 1. The van der Waals surface area contributed by atoms with Gasteiger partial charge >= 0.3 is 0 Å². The third-order valence-corrected chi connectivity index (χ3v) is 3.93. The summed E-state index contributed by atoms with van der Waals surface area (Å²) in [6, 6.07) is 7.34. The van der Waals surface area contributed by atoms with Crippen LogP contribution in [0.15, 0.2) is 24.3 Å². The van der Waals surface area contributed by atoms with Crippen LogP contribution in [0, 0.1) is 11.8 Å². The van der Waals surface area contributed by atoms with E-state index < -0.39 is 0 Å². The van der Waals surface area contributed by atoms with Crippen LogP contribution in [0.1, 0.15) is 13.8 Å². The molecule has 2 rings (SSSR count). The summed E-state index contributed by atoms with van der Waals surface area (Å²) in [5, 5.41) is 6.11. The van der Waals surface area contributed by atoms with Crippen molar-refractivity contribution >= 4 is 35.6 Å². The van der Waals surface area contributed by atoms with Crippen LogP contribution in [0.5, 0.6) is 0 Å². The number of carbonyl (C=O) groups is 2. The molecule has 0 bridgehead atoms. The third kappa shape index (κ3) is 3.95. The van der Waals surface area contributed by atoms with E-state index in [-0.39, 0.29) is 30.1 Å². The molecule has 2 amide bonds. The Labute approximate surface area is 131 Å². The first kappa shape index (κ1) is 17.5. The van der Waals surface area contributed by atoms with Crippen molar-refractivity contribution in [3.63, 3.8) is 0 Å². The summed E-state index contributed by atoms with van der Waals surface area (Å²) in [5.74, 6) is 0.295. The van der Waals surface area contributed by atoms with Crippen molar-refractivity contribution in [2.24, 2.45) is 11.8 Å². The maximum atomic E-state index is 12.2. The molecule has 1 aromatic rings. The molecule has 0 aromatic heterocycles. The van der Waals surface area contributed by atoms with Crippen molar-refractivity contribution in [3.8, 4) is 0 Å². The average Bonchev–Trinajstić information content (AvgIpc) is 2.36. The molecule has 5 nitrogen and oxygen atoms in total. The van der Waals surface area contributed by atoms with Gasteiger partial charge in [0.2, 0.25) is 11.8 Å². The monoisotopic (exact) mass is 311 g/mol. The Bertz CT molecular complexity index is 517. The molecule has 1 saturated heterocycles. The van der Waals surface area contributed by atoms with E-state index in [1.807, 2.05) is 31.2 Å². The predicted molar refractivity (Wildman–Crippen MR) is 86.9 cm³/mol. The Hall–Kier alpha value is -1.59. The molecule has 116 valence electrons. The van der Waals surface area contributed by atoms with E-state index in [1.165, 1.54) is 11.8 Å². The molecule has 1 heterocycles. The fourth-order valence-electron chi connectivity index (χ4n) is 2.17. The fourth-order valence-corrected chi connectivity index (χ4v) is 2.17. The predicted octanol–water partition coefficient (Wildman–Crippen LogP) is 1.89. The summed E-state index contributed by atoms with van der Waals surface area (Å²) in [6.07, 6.45) is 0. The molecule has 1 aliphatic heterocycles. The lowest BCUT2D eigenvalue weighted by Gasteiger charge is -2.32. The zero-order chi connectivity index (χ0) is 14.7. The third-order valence-electron chi connectivity index (χ3n) is 3.93. The summed E-state index contributed by atoms with van der Waals surface area (Å²) in [4.78, 5) is 25.3. The van der Waals surface area contributed by atoms with Crippen LogP contribution in [-0.4, -0.2) is 32.0 Å². The lowest BCUT2D eigenvalue weighted by molar-refractivity contribution is -0.121. The largest absolute Gasteiger partial charge is 0.324 e. The lowest BCUT2D eigenvalue weighted by atomic mass is 9.88. The topological polar surface area (TPSA) is 61.4 Å². The molecule has 1 fully saturated rings. The van der Waals surface area contributed by atoms with Crippen molar-refractivity contribution in [2.75, 3.05) is 30.4 Å². The number of carbonyl (C=O) groups excluding carboxylic acids is 2. The molecule has 0 aliphatic carbocycles. The molecule has 0 radical (unpaired) electrons. The number of rotatable bonds is 4. The Morgan fingerprint density at radius 1 is 1.33 bits per heavy atom. The second-order valence-electron chi connectivity index (χ2n) is 5.29. The van der Waals surface area contributed by atoms with Crippen molar-refractivity contribution < 1.29 is 9.59 Å². The molecule has 0 spiro atoms. The van der Waals surface area contributed by atoms with E-state index in [2.05, 4.69) is 10.6 Å². The van der Waals surface area contributed by atoms with Gasteiger partial charge in [0, 0.05) is 19.9 Å². The van der Waals surface area contributed by atoms with Gasteiger partial charge < -0.3 is 15.5 Å². The number of hydrogen-bond acceptors (Lipinski definition) is 3.